The van der Waals surface area contributed by atoms with Crippen LogP contribution in [0.5, 0.6) is 0 Å². The Morgan fingerprint density at radius 3 is 2.58 bits per heavy atom. The third-order valence-corrected chi connectivity index (χ3v) is 7.95. The lowest BCUT2D eigenvalue weighted by Crippen LogP contribution is -2.32. The fourth-order valence-corrected chi connectivity index (χ4v) is 5.72. The Morgan fingerprint density at radius 2 is 1.77 bits per heavy atom. The Morgan fingerprint density at radius 1 is 1.00 bits per heavy atom. The zero-order chi connectivity index (χ0) is 27.5. The first-order valence-corrected chi connectivity index (χ1v) is 14.3. The third-order valence-electron chi connectivity index (χ3n) is 7.95. The van der Waals surface area contributed by atoms with Crippen LogP contribution in [0.25, 0.3) is 44.2 Å². The van der Waals surface area contributed by atoms with Gasteiger partial charge >= 0.3 is 0 Å². The SMILES string of the molecule is CNCC(=O)NCCCCc1ncc(-c2ccc3cc(-c4ccc5nc(C6CCCN6C)[nH]c5c4)ccc3c2)[nH]1. The fraction of sp³-hybridized carbons (Fsp3) is 0.344. The van der Waals surface area contributed by atoms with E-state index in [1.54, 1.807) is 7.05 Å². The van der Waals surface area contributed by atoms with E-state index in [1.165, 1.54) is 28.3 Å². The van der Waals surface area contributed by atoms with Crippen molar-refractivity contribution in [2.24, 2.45) is 0 Å². The van der Waals surface area contributed by atoms with E-state index < -0.39 is 0 Å². The predicted molar refractivity (Wildman–Crippen MR) is 161 cm³/mol. The number of hydrogen-bond acceptors (Lipinski definition) is 5. The molecule has 1 saturated heterocycles. The summed E-state index contributed by atoms with van der Waals surface area (Å²) in [5.41, 5.74) is 6.66. The molecule has 0 aliphatic carbocycles. The number of H-pyrrole nitrogens is 2. The van der Waals surface area contributed by atoms with Gasteiger partial charge in [-0.1, -0.05) is 30.3 Å². The van der Waals surface area contributed by atoms with Gasteiger partial charge in [0.1, 0.15) is 11.6 Å². The standard InChI is InChI=1S/C32H37N7O/c1-33-20-31(40)34-14-4-3-7-30-35-19-28(36-30)25-11-10-21-16-22(8-9-23(21)17-25)24-12-13-26-27(18-24)38-32(37-26)29-6-5-15-39(29)2/h8-13,16-19,29,33H,3-7,14-15,20H2,1-2H3,(H,34,40)(H,35,36)(H,37,38). The highest BCUT2D eigenvalue weighted by atomic mass is 16.1. The highest BCUT2D eigenvalue weighted by Gasteiger charge is 2.25. The summed E-state index contributed by atoms with van der Waals surface area (Å²) >= 11 is 0. The number of fused-ring (bicyclic) bond motifs is 2. The van der Waals surface area contributed by atoms with E-state index in [4.69, 9.17) is 4.98 Å². The summed E-state index contributed by atoms with van der Waals surface area (Å²) in [5.74, 6) is 2.09. The maximum Gasteiger partial charge on any atom is 0.233 e. The van der Waals surface area contributed by atoms with E-state index in [0.29, 0.717) is 19.1 Å². The van der Waals surface area contributed by atoms with E-state index in [2.05, 4.69) is 92.1 Å². The van der Waals surface area contributed by atoms with Crippen LogP contribution in [0, 0.1) is 0 Å². The van der Waals surface area contributed by atoms with Crippen molar-refractivity contribution < 1.29 is 4.79 Å². The number of nitrogens with one attached hydrogen (secondary N) is 4. The molecule has 206 valence electrons. The van der Waals surface area contributed by atoms with E-state index in [0.717, 1.165) is 66.2 Å². The number of aromatic nitrogens is 4. The molecule has 8 nitrogen and oxygen atoms in total. The molecule has 1 unspecified atom stereocenters. The summed E-state index contributed by atoms with van der Waals surface area (Å²) < 4.78 is 0. The Labute approximate surface area is 234 Å². The maximum absolute atomic E-state index is 11.5. The van der Waals surface area contributed by atoms with Gasteiger partial charge in [-0.05, 0) is 92.5 Å². The van der Waals surface area contributed by atoms with Gasteiger partial charge in [0.2, 0.25) is 5.91 Å². The molecular formula is C32H37N7O. The molecule has 3 aromatic carbocycles. The average Bonchev–Trinajstić information content (AvgIpc) is 3.71. The Bertz CT molecular complexity index is 1640. The highest BCUT2D eigenvalue weighted by molar-refractivity contribution is 5.91. The molecule has 6 rings (SSSR count). The number of aryl methyl sites for hydroxylation is 1. The van der Waals surface area contributed by atoms with Gasteiger partial charge in [0.15, 0.2) is 0 Å². The van der Waals surface area contributed by atoms with Gasteiger partial charge in [0.25, 0.3) is 0 Å². The number of likely N-dealkylation sites (tertiary alicyclic amines) is 1. The minimum absolute atomic E-state index is 0.0337. The van der Waals surface area contributed by atoms with Gasteiger partial charge in [0, 0.05) is 18.5 Å². The summed E-state index contributed by atoms with van der Waals surface area (Å²) in [6, 6.07) is 20.1. The van der Waals surface area contributed by atoms with Crippen LogP contribution in [0.3, 0.4) is 0 Å². The normalized spacial score (nSPS) is 15.8. The number of aromatic amines is 2. The molecule has 0 saturated carbocycles. The Kier molecular flexibility index (Phi) is 7.62. The summed E-state index contributed by atoms with van der Waals surface area (Å²) in [6.45, 7) is 2.18. The zero-order valence-corrected chi connectivity index (χ0v) is 23.3. The quantitative estimate of drug-likeness (QED) is 0.184. The van der Waals surface area contributed by atoms with Crippen LogP contribution in [0.15, 0.2) is 60.8 Å². The van der Waals surface area contributed by atoms with E-state index in [1.807, 2.05) is 6.20 Å². The summed E-state index contributed by atoms with van der Waals surface area (Å²) in [5, 5.41) is 8.18. The van der Waals surface area contributed by atoms with Crippen molar-refractivity contribution in [3.8, 4) is 22.4 Å². The molecule has 2 aromatic heterocycles. The van der Waals surface area contributed by atoms with Gasteiger partial charge in [0.05, 0.1) is 35.5 Å². The third kappa shape index (κ3) is 5.64. The number of unbranched alkanes of at least 4 members (excludes halogenated alkanes) is 1. The Balaban J connectivity index is 1.13. The lowest BCUT2D eigenvalue weighted by atomic mass is 9.99. The summed E-state index contributed by atoms with van der Waals surface area (Å²) in [4.78, 5) is 30.4. The number of likely N-dealkylation sites (N-methyl/N-ethyl adjacent to an activating group) is 1. The van der Waals surface area contributed by atoms with Crippen molar-refractivity contribution in [2.45, 2.75) is 38.1 Å². The van der Waals surface area contributed by atoms with Crippen LogP contribution in [0.1, 0.15) is 43.4 Å². The van der Waals surface area contributed by atoms with Crippen molar-refractivity contribution in [3.05, 3.63) is 72.4 Å². The lowest BCUT2D eigenvalue weighted by molar-refractivity contribution is -0.120. The van der Waals surface area contributed by atoms with Gasteiger partial charge < -0.3 is 20.6 Å². The van der Waals surface area contributed by atoms with Crippen LogP contribution in [0.2, 0.25) is 0 Å². The topological polar surface area (TPSA) is 102 Å². The van der Waals surface area contributed by atoms with Gasteiger partial charge in [-0.2, -0.15) is 0 Å². The molecular weight excluding hydrogens is 498 g/mol. The minimum atomic E-state index is 0.0337. The number of rotatable bonds is 10. The van der Waals surface area contributed by atoms with Crippen LogP contribution in [0.4, 0.5) is 0 Å². The summed E-state index contributed by atoms with van der Waals surface area (Å²) in [6.07, 6.45) is 7.05. The highest BCUT2D eigenvalue weighted by Crippen LogP contribution is 2.32. The second-order valence-corrected chi connectivity index (χ2v) is 10.9. The second-order valence-electron chi connectivity index (χ2n) is 10.9. The average molecular weight is 536 g/mol. The van der Waals surface area contributed by atoms with Crippen molar-refractivity contribution in [1.82, 2.24) is 35.5 Å². The number of carbonyl (C=O) groups excluding carboxylic acids is 1. The number of hydrogen-bond donors (Lipinski definition) is 4. The molecule has 4 N–H and O–H groups in total. The van der Waals surface area contributed by atoms with Crippen LogP contribution in [-0.4, -0.2) is 64.5 Å². The van der Waals surface area contributed by atoms with Crippen LogP contribution < -0.4 is 10.6 Å². The first kappa shape index (κ1) is 26.2. The summed E-state index contributed by atoms with van der Waals surface area (Å²) in [7, 11) is 3.95. The fourth-order valence-electron chi connectivity index (χ4n) is 5.72. The molecule has 8 heteroatoms. The molecule has 0 spiro atoms. The minimum Gasteiger partial charge on any atom is -0.355 e. The van der Waals surface area contributed by atoms with Gasteiger partial charge in [-0.3, -0.25) is 9.69 Å². The number of imidazole rings is 2. The number of amides is 1. The number of benzene rings is 3. The number of carbonyl (C=O) groups is 1. The first-order chi connectivity index (χ1) is 19.6. The largest absolute Gasteiger partial charge is 0.355 e. The number of nitrogens with zero attached hydrogens (tertiary/aromatic N) is 3. The van der Waals surface area contributed by atoms with Crippen molar-refractivity contribution in [1.29, 1.82) is 0 Å². The molecule has 1 aliphatic rings. The van der Waals surface area contributed by atoms with Crippen LogP contribution >= 0.6 is 0 Å². The molecule has 1 aliphatic heterocycles. The molecule has 40 heavy (non-hydrogen) atoms. The predicted octanol–water partition coefficient (Wildman–Crippen LogP) is 5.20. The molecule has 5 aromatic rings. The van der Waals surface area contributed by atoms with Crippen molar-refractivity contribution >= 4 is 27.7 Å². The second kappa shape index (κ2) is 11.6. The van der Waals surface area contributed by atoms with Gasteiger partial charge in [-0.15, -0.1) is 0 Å². The van der Waals surface area contributed by atoms with E-state index >= 15 is 0 Å². The smallest absolute Gasteiger partial charge is 0.233 e. The van der Waals surface area contributed by atoms with Gasteiger partial charge in [-0.25, -0.2) is 9.97 Å². The molecule has 1 amide bonds. The van der Waals surface area contributed by atoms with E-state index in [9.17, 15) is 4.79 Å². The molecule has 0 bridgehead atoms. The molecule has 1 fully saturated rings. The zero-order valence-electron chi connectivity index (χ0n) is 23.3. The van der Waals surface area contributed by atoms with Crippen molar-refractivity contribution in [2.75, 3.05) is 33.7 Å². The maximum atomic E-state index is 11.5. The van der Waals surface area contributed by atoms with E-state index in [-0.39, 0.29) is 5.91 Å². The molecule has 0 radical (unpaired) electrons. The Hall–Kier alpha value is -4.01. The monoisotopic (exact) mass is 535 g/mol. The molecule has 1 atom stereocenters. The first-order valence-electron chi connectivity index (χ1n) is 14.3. The van der Waals surface area contributed by atoms with Crippen molar-refractivity contribution in [3.63, 3.8) is 0 Å². The van der Waals surface area contributed by atoms with Crippen LogP contribution in [-0.2, 0) is 11.2 Å². The lowest BCUT2D eigenvalue weighted by Gasteiger charge is -2.16. The molecule has 3 heterocycles.